The molecule has 0 bridgehead atoms. The van der Waals surface area contributed by atoms with Crippen LogP contribution >= 0.6 is 11.3 Å². The molecule has 26 heavy (non-hydrogen) atoms. The Morgan fingerprint density at radius 2 is 1.96 bits per heavy atom. The molecule has 0 radical (unpaired) electrons. The third-order valence-corrected chi connectivity index (χ3v) is 5.11. The van der Waals surface area contributed by atoms with Crippen molar-refractivity contribution in [3.63, 3.8) is 0 Å². The van der Waals surface area contributed by atoms with Crippen LogP contribution < -0.4 is 10.6 Å². The number of alkyl carbamates (subject to hydrolysis) is 1. The van der Waals surface area contributed by atoms with Crippen molar-refractivity contribution in [3.8, 4) is 0 Å². The van der Waals surface area contributed by atoms with Crippen molar-refractivity contribution in [2.75, 3.05) is 6.54 Å². The van der Waals surface area contributed by atoms with Gasteiger partial charge in [-0.05, 0) is 52.4 Å². The molecule has 1 aliphatic carbocycles. The van der Waals surface area contributed by atoms with Crippen LogP contribution in [0.4, 0.5) is 4.79 Å². The van der Waals surface area contributed by atoms with Gasteiger partial charge in [0.25, 0.3) is 5.91 Å². The minimum Gasteiger partial charge on any atom is -0.444 e. The van der Waals surface area contributed by atoms with Gasteiger partial charge in [0.05, 0.1) is 10.5 Å². The van der Waals surface area contributed by atoms with Crippen molar-refractivity contribution in [1.29, 1.82) is 0 Å². The van der Waals surface area contributed by atoms with Crippen LogP contribution in [0.25, 0.3) is 0 Å². The van der Waals surface area contributed by atoms with E-state index in [1.165, 1.54) is 11.3 Å². The molecule has 1 aromatic heterocycles. The van der Waals surface area contributed by atoms with Crippen molar-refractivity contribution in [1.82, 2.24) is 15.6 Å². The summed E-state index contributed by atoms with van der Waals surface area (Å²) in [5.41, 5.74) is -0.596. The van der Waals surface area contributed by atoms with Crippen LogP contribution in [0.3, 0.4) is 0 Å². The summed E-state index contributed by atoms with van der Waals surface area (Å²) >= 11 is 1.52. The molecule has 0 spiro atoms. The molecule has 1 fully saturated rings. The number of aromatic nitrogens is 1. The van der Waals surface area contributed by atoms with Gasteiger partial charge in [0.15, 0.2) is 0 Å². The Kier molecular flexibility index (Phi) is 6.32. The molecule has 0 aromatic carbocycles. The van der Waals surface area contributed by atoms with E-state index in [-0.39, 0.29) is 5.91 Å². The van der Waals surface area contributed by atoms with Gasteiger partial charge in [-0.1, -0.05) is 13.8 Å². The highest BCUT2D eigenvalue weighted by atomic mass is 32.1. The van der Waals surface area contributed by atoms with Crippen molar-refractivity contribution >= 4 is 23.3 Å². The Hall–Kier alpha value is -1.63. The summed E-state index contributed by atoms with van der Waals surface area (Å²) in [7, 11) is 0. The van der Waals surface area contributed by atoms with Gasteiger partial charge in [-0.25, -0.2) is 9.78 Å². The molecule has 0 aliphatic heterocycles. The van der Waals surface area contributed by atoms with Gasteiger partial charge in [-0.2, -0.15) is 0 Å². The lowest BCUT2D eigenvalue weighted by Gasteiger charge is -2.31. The standard InChI is InChI=1S/C19H31N3O3S/c1-12(2)9-15-21-14(10-26-15)16(23)22-19(6,13-7-8-13)11-20-17(24)25-18(3,4)5/h10,12-13H,7-9,11H2,1-6H3,(H,20,24)(H,22,23). The molecule has 2 rings (SSSR count). The fourth-order valence-corrected chi connectivity index (χ4v) is 3.75. The quantitative estimate of drug-likeness (QED) is 0.753. The van der Waals surface area contributed by atoms with Crippen LogP contribution in [0.15, 0.2) is 5.38 Å². The van der Waals surface area contributed by atoms with Crippen LogP contribution in [0.1, 0.15) is 69.9 Å². The van der Waals surface area contributed by atoms with Crippen molar-refractivity contribution in [3.05, 3.63) is 16.1 Å². The summed E-state index contributed by atoms with van der Waals surface area (Å²) in [6.07, 6.45) is 2.50. The molecular weight excluding hydrogens is 350 g/mol. The highest BCUT2D eigenvalue weighted by Gasteiger charge is 2.43. The Labute approximate surface area is 160 Å². The van der Waals surface area contributed by atoms with Crippen LogP contribution in [0.2, 0.25) is 0 Å². The van der Waals surface area contributed by atoms with E-state index >= 15 is 0 Å². The molecule has 1 saturated carbocycles. The molecule has 2 amide bonds. The maximum atomic E-state index is 12.7. The SMILES string of the molecule is CC(C)Cc1nc(C(=O)NC(C)(CNC(=O)OC(C)(C)C)C2CC2)cs1. The average molecular weight is 382 g/mol. The highest BCUT2D eigenvalue weighted by molar-refractivity contribution is 7.09. The van der Waals surface area contributed by atoms with E-state index in [4.69, 9.17) is 4.74 Å². The number of hydrogen-bond acceptors (Lipinski definition) is 5. The number of rotatable bonds is 7. The Morgan fingerprint density at radius 1 is 1.31 bits per heavy atom. The normalized spacial score (nSPS) is 16.9. The number of amides is 2. The van der Waals surface area contributed by atoms with Crippen LogP contribution in [-0.4, -0.2) is 34.7 Å². The second kappa shape index (κ2) is 7.94. The zero-order valence-corrected chi connectivity index (χ0v) is 17.5. The highest BCUT2D eigenvalue weighted by Crippen LogP contribution is 2.39. The summed E-state index contributed by atoms with van der Waals surface area (Å²) in [4.78, 5) is 29.1. The first kappa shape index (κ1) is 20.7. The lowest BCUT2D eigenvalue weighted by atomic mass is 9.95. The molecule has 7 heteroatoms. The lowest BCUT2D eigenvalue weighted by molar-refractivity contribution is 0.0502. The second-order valence-electron chi connectivity index (χ2n) is 8.73. The first-order valence-corrected chi connectivity index (χ1v) is 10.1. The van der Waals surface area contributed by atoms with E-state index in [1.807, 2.05) is 33.1 Å². The predicted octanol–water partition coefficient (Wildman–Crippen LogP) is 3.76. The van der Waals surface area contributed by atoms with E-state index < -0.39 is 17.2 Å². The maximum Gasteiger partial charge on any atom is 0.407 e. The van der Waals surface area contributed by atoms with Gasteiger partial charge in [-0.15, -0.1) is 11.3 Å². The number of nitrogens with one attached hydrogen (secondary N) is 2. The first-order chi connectivity index (χ1) is 12.0. The Morgan fingerprint density at radius 3 is 2.50 bits per heavy atom. The maximum absolute atomic E-state index is 12.7. The summed E-state index contributed by atoms with van der Waals surface area (Å²) in [6, 6.07) is 0. The van der Waals surface area contributed by atoms with Gasteiger partial charge >= 0.3 is 6.09 Å². The number of nitrogens with zero attached hydrogens (tertiary/aromatic N) is 1. The van der Waals surface area contributed by atoms with E-state index in [0.29, 0.717) is 24.1 Å². The molecular formula is C19H31N3O3S. The van der Waals surface area contributed by atoms with Gasteiger partial charge in [-0.3, -0.25) is 4.79 Å². The number of hydrogen-bond donors (Lipinski definition) is 2. The molecule has 1 aromatic rings. The van der Waals surface area contributed by atoms with E-state index in [0.717, 1.165) is 24.3 Å². The molecule has 1 heterocycles. The first-order valence-electron chi connectivity index (χ1n) is 9.22. The third-order valence-electron chi connectivity index (χ3n) is 4.24. The second-order valence-corrected chi connectivity index (χ2v) is 9.67. The number of thiazole rings is 1. The fraction of sp³-hybridized carbons (Fsp3) is 0.737. The van der Waals surface area contributed by atoms with Crippen molar-refractivity contribution < 1.29 is 14.3 Å². The van der Waals surface area contributed by atoms with E-state index in [1.54, 1.807) is 0 Å². The monoisotopic (exact) mass is 381 g/mol. The summed E-state index contributed by atoms with van der Waals surface area (Å²) in [5, 5.41) is 8.67. The smallest absolute Gasteiger partial charge is 0.407 e. The molecule has 146 valence electrons. The zero-order chi connectivity index (χ0) is 19.5. The molecule has 1 aliphatic rings. The minimum atomic E-state index is -0.545. The Balaban J connectivity index is 1.97. The predicted molar refractivity (Wildman–Crippen MR) is 103 cm³/mol. The fourth-order valence-electron chi connectivity index (χ4n) is 2.76. The van der Waals surface area contributed by atoms with Gasteiger partial charge in [0, 0.05) is 18.3 Å². The third kappa shape index (κ3) is 6.27. The van der Waals surface area contributed by atoms with E-state index in [2.05, 4.69) is 29.5 Å². The van der Waals surface area contributed by atoms with Crippen LogP contribution in [0, 0.1) is 11.8 Å². The minimum absolute atomic E-state index is 0.184. The molecule has 6 nitrogen and oxygen atoms in total. The summed E-state index contributed by atoms with van der Waals surface area (Å²) < 4.78 is 5.29. The van der Waals surface area contributed by atoms with Crippen LogP contribution in [0.5, 0.6) is 0 Å². The zero-order valence-electron chi connectivity index (χ0n) is 16.6. The van der Waals surface area contributed by atoms with Gasteiger partial charge in [0.2, 0.25) is 0 Å². The topological polar surface area (TPSA) is 80.3 Å². The van der Waals surface area contributed by atoms with Crippen molar-refractivity contribution in [2.45, 2.75) is 71.9 Å². The molecule has 1 atom stereocenters. The number of ether oxygens (including phenoxy) is 1. The number of carbonyl (C=O) groups is 2. The van der Waals surface area contributed by atoms with E-state index in [9.17, 15) is 9.59 Å². The van der Waals surface area contributed by atoms with Crippen LogP contribution in [-0.2, 0) is 11.2 Å². The molecule has 1 unspecified atom stereocenters. The summed E-state index contributed by atoms with van der Waals surface area (Å²) in [6.45, 7) is 12.0. The number of carbonyl (C=O) groups excluding carboxylic acids is 2. The van der Waals surface area contributed by atoms with Gasteiger partial charge < -0.3 is 15.4 Å². The van der Waals surface area contributed by atoms with Gasteiger partial charge in [0.1, 0.15) is 11.3 Å². The van der Waals surface area contributed by atoms with Crippen molar-refractivity contribution in [2.24, 2.45) is 11.8 Å². The molecule has 2 N–H and O–H groups in total. The molecule has 0 saturated heterocycles. The average Bonchev–Trinajstić information content (AvgIpc) is 3.24. The Bertz CT molecular complexity index is 647. The lowest BCUT2D eigenvalue weighted by Crippen LogP contribution is -2.55. The largest absolute Gasteiger partial charge is 0.444 e. The summed E-state index contributed by atoms with van der Waals surface area (Å²) in [5.74, 6) is 0.679.